The number of alkyl carbamates (subject to hydrolysis) is 1. The van der Waals surface area contributed by atoms with Crippen molar-refractivity contribution in [1.82, 2.24) is 15.3 Å². The highest BCUT2D eigenvalue weighted by atomic mass is 32.2. The molecule has 7 heteroatoms. The molecule has 2 aromatic rings. The van der Waals surface area contributed by atoms with Crippen LogP contribution >= 0.6 is 11.8 Å². The summed E-state index contributed by atoms with van der Waals surface area (Å²) in [6.07, 6.45) is 0.334. The van der Waals surface area contributed by atoms with Crippen LogP contribution in [0.5, 0.6) is 0 Å². The molecule has 0 radical (unpaired) electrons. The second-order valence-electron chi connectivity index (χ2n) is 6.02. The standard InChI is InChI=1S/C16H21N3O3S/c1-16(2,3)22-15(21)17-9-6-10-23-14-18-12-8-5-4-7-11(12)13(20)19-14/h4-5,7-8H,6,9-10H2,1-3H3,(H,17,21)(H,18,19,20). The number of hydrogen-bond acceptors (Lipinski definition) is 5. The van der Waals surface area contributed by atoms with E-state index in [-0.39, 0.29) is 5.56 Å². The van der Waals surface area contributed by atoms with E-state index in [1.165, 1.54) is 11.8 Å². The van der Waals surface area contributed by atoms with E-state index in [4.69, 9.17) is 4.74 Å². The molecular weight excluding hydrogens is 314 g/mol. The minimum absolute atomic E-state index is 0.134. The second kappa shape index (κ2) is 7.50. The number of benzene rings is 1. The Morgan fingerprint density at radius 2 is 2.09 bits per heavy atom. The molecule has 1 heterocycles. The highest BCUT2D eigenvalue weighted by molar-refractivity contribution is 7.99. The molecule has 0 saturated heterocycles. The maximum absolute atomic E-state index is 11.9. The van der Waals surface area contributed by atoms with Gasteiger partial charge in [0.1, 0.15) is 5.60 Å². The zero-order valence-corrected chi connectivity index (χ0v) is 14.3. The van der Waals surface area contributed by atoms with Gasteiger partial charge in [-0.1, -0.05) is 23.9 Å². The number of para-hydroxylation sites is 1. The van der Waals surface area contributed by atoms with Crippen LogP contribution in [0.2, 0.25) is 0 Å². The summed E-state index contributed by atoms with van der Waals surface area (Å²) in [5.74, 6) is 0.733. The summed E-state index contributed by atoms with van der Waals surface area (Å²) in [7, 11) is 0. The monoisotopic (exact) mass is 335 g/mol. The number of carbonyl (C=O) groups excluding carboxylic acids is 1. The van der Waals surface area contributed by atoms with Gasteiger partial charge < -0.3 is 15.0 Å². The zero-order valence-electron chi connectivity index (χ0n) is 13.5. The molecule has 1 amide bonds. The maximum Gasteiger partial charge on any atom is 0.407 e. The Kier molecular flexibility index (Phi) is 5.65. The molecule has 6 nitrogen and oxygen atoms in total. The average Bonchev–Trinajstić information content (AvgIpc) is 2.45. The van der Waals surface area contributed by atoms with E-state index < -0.39 is 11.7 Å². The Hall–Kier alpha value is -2.02. The number of aromatic nitrogens is 2. The number of amides is 1. The highest BCUT2D eigenvalue weighted by Gasteiger charge is 2.15. The van der Waals surface area contributed by atoms with Gasteiger partial charge in [0.15, 0.2) is 5.16 Å². The van der Waals surface area contributed by atoms with Crippen LogP contribution in [0.3, 0.4) is 0 Å². The van der Waals surface area contributed by atoms with Gasteiger partial charge in [-0.25, -0.2) is 9.78 Å². The number of ether oxygens (including phenoxy) is 1. The lowest BCUT2D eigenvalue weighted by Gasteiger charge is -2.19. The predicted octanol–water partition coefficient (Wildman–Crippen LogP) is 2.93. The molecule has 0 fully saturated rings. The molecule has 1 aromatic heterocycles. The summed E-state index contributed by atoms with van der Waals surface area (Å²) in [6, 6.07) is 7.24. The molecular formula is C16H21N3O3S. The number of fused-ring (bicyclic) bond motifs is 1. The van der Waals surface area contributed by atoms with Gasteiger partial charge in [0.2, 0.25) is 0 Å². The smallest absolute Gasteiger partial charge is 0.407 e. The third kappa shape index (κ3) is 5.59. The van der Waals surface area contributed by atoms with Gasteiger partial charge in [-0.05, 0) is 39.3 Å². The van der Waals surface area contributed by atoms with Crippen LogP contribution in [-0.4, -0.2) is 34.0 Å². The van der Waals surface area contributed by atoms with Crippen molar-refractivity contribution in [2.24, 2.45) is 0 Å². The van der Waals surface area contributed by atoms with Gasteiger partial charge in [-0.3, -0.25) is 4.79 Å². The number of rotatable bonds is 5. The van der Waals surface area contributed by atoms with Crippen molar-refractivity contribution < 1.29 is 9.53 Å². The molecule has 2 rings (SSSR count). The summed E-state index contributed by atoms with van der Waals surface area (Å²) in [4.78, 5) is 30.6. The Labute approximate surface area is 139 Å². The molecule has 0 spiro atoms. The summed E-state index contributed by atoms with van der Waals surface area (Å²) in [6.45, 7) is 5.98. The zero-order chi connectivity index (χ0) is 16.9. The average molecular weight is 335 g/mol. The van der Waals surface area contributed by atoms with E-state index in [0.717, 1.165) is 12.2 Å². The second-order valence-corrected chi connectivity index (χ2v) is 7.10. The van der Waals surface area contributed by atoms with Crippen LogP contribution in [0.15, 0.2) is 34.2 Å². The number of carbonyl (C=O) groups is 1. The molecule has 1 aromatic carbocycles. The fourth-order valence-electron chi connectivity index (χ4n) is 1.88. The van der Waals surface area contributed by atoms with Crippen LogP contribution in [-0.2, 0) is 4.74 Å². The number of aromatic amines is 1. The van der Waals surface area contributed by atoms with Gasteiger partial charge >= 0.3 is 6.09 Å². The molecule has 0 atom stereocenters. The lowest BCUT2D eigenvalue weighted by atomic mass is 10.2. The fourth-order valence-corrected chi connectivity index (χ4v) is 2.69. The van der Waals surface area contributed by atoms with Crippen LogP contribution in [0.4, 0.5) is 4.79 Å². The van der Waals surface area contributed by atoms with Crippen LogP contribution in [0, 0.1) is 0 Å². The van der Waals surface area contributed by atoms with Gasteiger partial charge in [0.25, 0.3) is 5.56 Å². The largest absolute Gasteiger partial charge is 0.444 e. The van der Waals surface area contributed by atoms with Gasteiger partial charge in [0.05, 0.1) is 10.9 Å². The molecule has 0 aliphatic rings. The Morgan fingerprint density at radius 1 is 1.35 bits per heavy atom. The molecule has 124 valence electrons. The maximum atomic E-state index is 11.9. The first-order valence-corrected chi connectivity index (χ1v) is 8.42. The predicted molar refractivity (Wildman–Crippen MR) is 91.9 cm³/mol. The van der Waals surface area contributed by atoms with Gasteiger partial charge in [-0.15, -0.1) is 0 Å². The van der Waals surface area contributed by atoms with E-state index >= 15 is 0 Å². The molecule has 0 saturated carbocycles. The number of thioether (sulfide) groups is 1. The third-order valence-electron chi connectivity index (χ3n) is 2.82. The Balaban J connectivity index is 1.79. The van der Waals surface area contributed by atoms with Crippen molar-refractivity contribution in [1.29, 1.82) is 0 Å². The molecule has 0 aliphatic heterocycles. The van der Waals surface area contributed by atoms with E-state index in [0.29, 0.717) is 22.6 Å². The number of nitrogens with one attached hydrogen (secondary N) is 2. The number of nitrogens with zero attached hydrogens (tertiary/aromatic N) is 1. The fraction of sp³-hybridized carbons (Fsp3) is 0.438. The van der Waals surface area contributed by atoms with Crippen LogP contribution < -0.4 is 10.9 Å². The summed E-state index contributed by atoms with van der Waals surface area (Å²) < 4.78 is 5.15. The Bertz CT molecular complexity index is 737. The van der Waals surface area contributed by atoms with Crippen molar-refractivity contribution in [2.75, 3.05) is 12.3 Å². The molecule has 0 bridgehead atoms. The normalized spacial score (nSPS) is 11.4. The number of hydrogen-bond donors (Lipinski definition) is 2. The highest BCUT2D eigenvalue weighted by Crippen LogP contribution is 2.15. The first-order chi connectivity index (χ1) is 10.8. The van der Waals surface area contributed by atoms with E-state index in [9.17, 15) is 9.59 Å². The van der Waals surface area contributed by atoms with Crippen molar-refractivity contribution in [2.45, 2.75) is 37.9 Å². The number of H-pyrrole nitrogens is 1. The minimum Gasteiger partial charge on any atom is -0.444 e. The minimum atomic E-state index is -0.493. The van der Waals surface area contributed by atoms with Crippen molar-refractivity contribution in [3.8, 4) is 0 Å². The van der Waals surface area contributed by atoms with E-state index in [1.807, 2.05) is 39.0 Å². The summed E-state index contributed by atoms with van der Waals surface area (Å²) >= 11 is 1.46. The summed E-state index contributed by atoms with van der Waals surface area (Å²) in [5.41, 5.74) is 0.0588. The van der Waals surface area contributed by atoms with Gasteiger partial charge in [0, 0.05) is 12.3 Å². The van der Waals surface area contributed by atoms with Crippen molar-refractivity contribution >= 4 is 28.8 Å². The first kappa shape index (κ1) is 17.3. The van der Waals surface area contributed by atoms with E-state index in [1.54, 1.807) is 6.07 Å². The topological polar surface area (TPSA) is 84.1 Å². The van der Waals surface area contributed by atoms with Crippen molar-refractivity contribution in [3.63, 3.8) is 0 Å². The SMILES string of the molecule is CC(C)(C)OC(=O)NCCCSc1nc2ccccc2c(=O)[nH]1. The Morgan fingerprint density at radius 3 is 2.83 bits per heavy atom. The molecule has 0 unspecified atom stereocenters. The molecule has 0 aliphatic carbocycles. The van der Waals surface area contributed by atoms with Crippen LogP contribution in [0.25, 0.3) is 10.9 Å². The van der Waals surface area contributed by atoms with Gasteiger partial charge in [-0.2, -0.15) is 0 Å². The van der Waals surface area contributed by atoms with E-state index in [2.05, 4.69) is 15.3 Å². The van der Waals surface area contributed by atoms with Crippen molar-refractivity contribution in [3.05, 3.63) is 34.6 Å². The van der Waals surface area contributed by atoms with Crippen LogP contribution in [0.1, 0.15) is 27.2 Å². The lowest BCUT2D eigenvalue weighted by Crippen LogP contribution is -2.33. The summed E-state index contributed by atoms with van der Waals surface area (Å²) in [5, 5.41) is 3.88. The molecule has 23 heavy (non-hydrogen) atoms. The molecule has 2 N–H and O–H groups in total. The first-order valence-electron chi connectivity index (χ1n) is 7.44. The third-order valence-corrected chi connectivity index (χ3v) is 3.78. The quantitative estimate of drug-likeness (QED) is 0.498. The lowest BCUT2D eigenvalue weighted by molar-refractivity contribution is 0.0528.